The van der Waals surface area contributed by atoms with Gasteiger partial charge in [-0.1, -0.05) is 12.1 Å². The molecular weight excluding hydrogens is 272 g/mol. The molecular formula is C15H20N2O4. The van der Waals surface area contributed by atoms with Gasteiger partial charge in [0.2, 0.25) is 0 Å². The van der Waals surface area contributed by atoms with Crippen LogP contribution in [-0.2, 0) is 4.79 Å². The molecule has 2 amide bonds. The number of ether oxygens (including phenoxy) is 1. The molecule has 1 aliphatic rings. The standard InChI is InChI=1S/C15H20N2O4/c1-2-21-11-5-3-10(4-6-11)12-9-13(12)17-15(20)16-8-7-14(18)19/h3-6,12-13H,2,7-9H2,1H3,(H,18,19)(H2,16,17,20)/t12-,13+/m0/s1. The van der Waals surface area contributed by atoms with Crippen molar-refractivity contribution in [2.45, 2.75) is 31.7 Å². The fraction of sp³-hybridized carbons (Fsp3) is 0.467. The second-order valence-electron chi connectivity index (χ2n) is 4.99. The number of hydrogen-bond donors (Lipinski definition) is 3. The van der Waals surface area contributed by atoms with Crippen LogP contribution in [0, 0.1) is 0 Å². The highest BCUT2D eigenvalue weighted by Gasteiger charge is 2.39. The molecule has 1 aromatic carbocycles. The van der Waals surface area contributed by atoms with E-state index in [9.17, 15) is 9.59 Å². The Labute approximate surface area is 123 Å². The Kier molecular flexibility index (Phi) is 5.03. The fourth-order valence-electron chi connectivity index (χ4n) is 2.20. The first-order valence-electron chi connectivity index (χ1n) is 7.09. The van der Waals surface area contributed by atoms with E-state index in [2.05, 4.69) is 10.6 Å². The highest BCUT2D eigenvalue weighted by Crippen LogP contribution is 2.41. The van der Waals surface area contributed by atoms with E-state index < -0.39 is 5.97 Å². The van der Waals surface area contributed by atoms with Crippen LogP contribution in [0.5, 0.6) is 5.75 Å². The number of amides is 2. The molecule has 0 spiro atoms. The SMILES string of the molecule is CCOc1ccc([C@@H]2C[C@H]2NC(=O)NCCC(=O)O)cc1. The van der Waals surface area contributed by atoms with Crippen molar-refractivity contribution in [2.75, 3.05) is 13.2 Å². The fourth-order valence-corrected chi connectivity index (χ4v) is 2.20. The molecule has 0 unspecified atom stereocenters. The van der Waals surface area contributed by atoms with E-state index in [1.54, 1.807) is 0 Å². The van der Waals surface area contributed by atoms with Crippen LogP contribution in [0.2, 0.25) is 0 Å². The summed E-state index contributed by atoms with van der Waals surface area (Å²) in [5, 5.41) is 13.9. The van der Waals surface area contributed by atoms with Gasteiger partial charge in [-0.3, -0.25) is 4.79 Å². The van der Waals surface area contributed by atoms with E-state index in [0.29, 0.717) is 12.5 Å². The summed E-state index contributed by atoms with van der Waals surface area (Å²) >= 11 is 0. The normalized spacial score (nSPS) is 19.7. The van der Waals surface area contributed by atoms with Crippen molar-refractivity contribution in [1.82, 2.24) is 10.6 Å². The first-order chi connectivity index (χ1) is 10.1. The summed E-state index contributed by atoms with van der Waals surface area (Å²) in [6, 6.07) is 7.70. The number of carbonyl (C=O) groups excluding carboxylic acids is 1. The smallest absolute Gasteiger partial charge is 0.315 e. The van der Waals surface area contributed by atoms with Crippen molar-refractivity contribution < 1.29 is 19.4 Å². The molecule has 3 N–H and O–H groups in total. The number of carboxylic acids is 1. The Hall–Kier alpha value is -2.24. The van der Waals surface area contributed by atoms with Crippen molar-refractivity contribution in [3.63, 3.8) is 0 Å². The number of rotatable bonds is 7. The zero-order valence-electron chi connectivity index (χ0n) is 12.0. The largest absolute Gasteiger partial charge is 0.494 e. The van der Waals surface area contributed by atoms with Gasteiger partial charge in [-0.05, 0) is 31.0 Å². The average Bonchev–Trinajstić information content (AvgIpc) is 3.18. The molecule has 1 aliphatic carbocycles. The third-order valence-electron chi connectivity index (χ3n) is 3.35. The van der Waals surface area contributed by atoms with Crippen LogP contribution in [0.1, 0.15) is 31.2 Å². The zero-order valence-corrected chi connectivity index (χ0v) is 12.0. The van der Waals surface area contributed by atoms with Crippen molar-refractivity contribution in [1.29, 1.82) is 0 Å². The average molecular weight is 292 g/mol. The van der Waals surface area contributed by atoms with Gasteiger partial charge in [-0.2, -0.15) is 0 Å². The van der Waals surface area contributed by atoms with Crippen molar-refractivity contribution in [3.8, 4) is 5.75 Å². The van der Waals surface area contributed by atoms with Gasteiger partial charge in [0.1, 0.15) is 5.75 Å². The number of carbonyl (C=O) groups is 2. The van der Waals surface area contributed by atoms with Crippen LogP contribution in [0.25, 0.3) is 0 Å². The number of hydrogen-bond acceptors (Lipinski definition) is 3. The lowest BCUT2D eigenvalue weighted by Gasteiger charge is -2.07. The summed E-state index contributed by atoms with van der Waals surface area (Å²) in [6.45, 7) is 2.72. The molecule has 6 heteroatoms. The second-order valence-corrected chi connectivity index (χ2v) is 4.99. The summed E-state index contributed by atoms with van der Waals surface area (Å²) < 4.78 is 5.39. The Bertz CT molecular complexity index is 501. The van der Waals surface area contributed by atoms with Crippen LogP contribution in [0.3, 0.4) is 0 Å². The summed E-state index contributed by atoms with van der Waals surface area (Å²) in [4.78, 5) is 21.9. The quantitative estimate of drug-likeness (QED) is 0.714. The highest BCUT2D eigenvalue weighted by atomic mass is 16.5. The summed E-state index contributed by atoms with van der Waals surface area (Å²) in [7, 11) is 0. The van der Waals surface area contributed by atoms with E-state index >= 15 is 0 Å². The van der Waals surface area contributed by atoms with Crippen LogP contribution in [0.4, 0.5) is 4.79 Å². The molecule has 0 radical (unpaired) electrons. The summed E-state index contributed by atoms with van der Waals surface area (Å²) in [5.41, 5.74) is 1.18. The minimum Gasteiger partial charge on any atom is -0.494 e. The van der Waals surface area contributed by atoms with Gasteiger partial charge in [-0.15, -0.1) is 0 Å². The first kappa shape index (κ1) is 15.2. The number of carboxylic acid groups (broad SMARTS) is 1. The maximum Gasteiger partial charge on any atom is 0.315 e. The van der Waals surface area contributed by atoms with Crippen molar-refractivity contribution in [3.05, 3.63) is 29.8 Å². The van der Waals surface area contributed by atoms with Gasteiger partial charge in [-0.25, -0.2) is 4.79 Å². The van der Waals surface area contributed by atoms with Crippen LogP contribution >= 0.6 is 0 Å². The molecule has 2 atom stereocenters. The Morgan fingerprint density at radius 3 is 2.67 bits per heavy atom. The van der Waals surface area contributed by atoms with E-state index in [4.69, 9.17) is 9.84 Å². The Morgan fingerprint density at radius 2 is 2.05 bits per heavy atom. The summed E-state index contributed by atoms with van der Waals surface area (Å²) in [6.07, 6.45) is 0.834. The molecule has 2 rings (SSSR count). The van der Waals surface area contributed by atoms with Gasteiger partial charge >= 0.3 is 12.0 Å². The Balaban J connectivity index is 1.74. The minimum absolute atomic E-state index is 0.0690. The molecule has 1 aromatic rings. The molecule has 0 bridgehead atoms. The van der Waals surface area contributed by atoms with E-state index in [-0.39, 0.29) is 25.0 Å². The number of aliphatic carboxylic acids is 1. The lowest BCUT2D eigenvalue weighted by molar-refractivity contribution is -0.136. The van der Waals surface area contributed by atoms with Crippen molar-refractivity contribution >= 4 is 12.0 Å². The Morgan fingerprint density at radius 1 is 1.33 bits per heavy atom. The maximum absolute atomic E-state index is 11.6. The monoisotopic (exact) mass is 292 g/mol. The molecule has 1 saturated carbocycles. The molecule has 6 nitrogen and oxygen atoms in total. The predicted octanol–water partition coefficient (Wildman–Crippen LogP) is 1.72. The third-order valence-corrected chi connectivity index (χ3v) is 3.35. The predicted molar refractivity (Wildman–Crippen MR) is 77.5 cm³/mol. The van der Waals surface area contributed by atoms with Crippen LogP contribution in [0.15, 0.2) is 24.3 Å². The second kappa shape index (κ2) is 6.97. The van der Waals surface area contributed by atoms with Crippen LogP contribution in [-0.4, -0.2) is 36.3 Å². The van der Waals surface area contributed by atoms with Gasteiger partial charge in [0.25, 0.3) is 0 Å². The minimum atomic E-state index is -0.922. The number of benzene rings is 1. The molecule has 0 heterocycles. The number of urea groups is 1. The lowest BCUT2D eigenvalue weighted by atomic mass is 10.1. The molecule has 0 saturated heterocycles. The van der Waals surface area contributed by atoms with Gasteiger partial charge in [0.05, 0.1) is 13.0 Å². The van der Waals surface area contributed by atoms with E-state index in [1.165, 1.54) is 5.56 Å². The highest BCUT2D eigenvalue weighted by molar-refractivity contribution is 5.75. The molecule has 0 aliphatic heterocycles. The third kappa shape index (κ3) is 4.66. The summed E-state index contributed by atoms with van der Waals surface area (Å²) in [5.74, 6) is 0.248. The first-order valence-corrected chi connectivity index (χ1v) is 7.09. The zero-order chi connectivity index (χ0) is 15.2. The van der Waals surface area contributed by atoms with Crippen molar-refractivity contribution in [2.24, 2.45) is 0 Å². The van der Waals surface area contributed by atoms with Gasteiger partial charge < -0.3 is 20.5 Å². The van der Waals surface area contributed by atoms with Gasteiger partial charge in [0.15, 0.2) is 0 Å². The van der Waals surface area contributed by atoms with E-state index in [0.717, 1.165) is 12.2 Å². The van der Waals surface area contributed by atoms with E-state index in [1.807, 2.05) is 31.2 Å². The van der Waals surface area contributed by atoms with Crippen LogP contribution < -0.4 is 15.4 Å². The molecule has 0 aromatic heterocycles. The lowest BCUT2D eigenvalue weighted by Crippen LogP contribution is -2.38. The topological polar surface area (TPSA) is 87.7 Å². The molecule has 114 valence electrons. The molecule has 21 heavy (non-hydrogen) atoms. The molecule has 1 fully saturated rings. The van der Waals surface area contributed by atoms with Gasteiger partial charge in [0, 0.05) is 18.5 Å². The number of nitrogens with one attached hydrogen (secondary N) is 2. The maximum atomic E-state index is 11.6.